The zero-order chi connectivity index (χ0) is 21.1. The van der Waals surface area contributed by atoms with Gasteiger partial charge in [-0.3, -0.25) is 9.97 Å². The number of aliphatic hydroxyl groups is 1. The fraction of sp³-hybridized carbons (Fsp3) is 0.852. The summed E-state index contributed by atoms with van der Waals surface area (Å²) in [5, 5.41) is 10.6. The molecule has 0 radical (unpaired) electrons. The van der Waals surface area contributed by atoms with Crippen molar-refractivity contribution in [3.05, 3.63) is 23.8 Å². The second-order valence-electron chi connectivity index (χ2n) is 12.2. The number of hydrogen-bond acceptors (Lipinski definition) is 3. The average molecular weight is 411 g/mol. The Hall–Kier alpha value is -0.960. The Morgan fingerprint density at radius 1 is 0.967 bits per heavy atom. The third-order valence-corrected chi connectivity index (χ3v) is 10.4. The molecule has 1 aromatic rings. The van der Waals surface area contributed by atoms with Crippen molar-refractivity contribution in [2.45, 2.75) is 97.5 Å². The third kappa shape index (κ3) is 3.53. The first-order valence-corrected chi connectivity index (χ1v) is 12.8. The maximum atomic E-state index is 10.6. The molecule has 0 amide bonds. The Bertz CT molecular complexity index is 759. The number of hydrogen-bond donors (Lipinski definition) is 1. The van der Waals surface area contributed by atoms with Gasteiger partial charge in [-0.1, -0.05) is 13.8 Å². The van der Waals surface area contributed by atoms with E-state index < -0.39 is 5.60 Å². The molecule has 1 aromatic heterocycles. The smallest absolute Gasteiger partial charge is 0.0622 e. The Morgan fingerprint density at radius 2 is 1.77 bits per heavy atom. The van der Waals surface area contributed by atoms with Gasteiger partial charge in [0.15, 0.2) is 0 Å². The van der Waals surface area contributed by atoms with Crippen molar-refractivity contribution >= 4 is 0 Å². The van der Waals surface area contributed by atoms with E-state index in [4.69, 9.17) is 0 Å². The van der Waals surface area contributed by atoms with E-state index >= 15 is 0 Å². The van der Waals surface area contributed by atoms with E-state index in [1.807, 2.05) is 19.3 Å². The minimum Gasteiger partial charge on any atom is -0.390 e. The quantitative estimate of drug-likeness (QED) is 0.666. The van der Waals surface area contributed by atoms with Crippen LogP contribution in [0.1, 0.15) is 89.9 Å². The lowest BCUT2D eigenvalue weighted by atomic mass is 9.48. The van der Waals surface area contributed by atoms with Crippen LogP contribution in [0, 0.1) is 53.8 Å². The molecule has 5 rings (SSSR count). The lowest BCUT2D eigenvalue weighted by Gasteiger charge is -2.57. The van der Waals surface area contributed by atoms with Crippen LogP contribution in [0.4, 0.5) is 0 Å². The molecule has 4 saturated carbocycles. The monoisotopic (exact) mass is 410 g/mol. The summed E-state index contributed by atoms with van der Waals surface area (Å²) in [6.45, 7) is 9.23. The van der Waals surface area contributed by atoms with E-state index in [0.29, 0.717) is 11.3 Å². The van der Waals surface area contributed by atoms with Gasteiger partial charge in [0.2, 0.25) is 0 Å². The largest absolute Gasteiger partial charge is 0.390 e. The van der Waals surface area contributed by atoms with Gasteiger partial charge in [0.25, 0.3) is 0 Å². The van der Waals surface area contributed by atoms with Gasteiger partial charge in [0.1, 0.15) is 0 Å². The molecule has 30 heavy (non-hydrogen) atoms. The first-order valence-electron chi connectivity index (χ1n) is 12.8. The SMILES string of the molecule is Cc1cnc(C[C@@H](C)[C@H]2CC[C@H]3[C@@H]4CC[C@@H]5C[C@](C)(O)CC[C@@H]5[C@H]4CC[C@]23C)cn1. The van der Waals surface area contributed by atoms with Crippen LogP contribution in [0.3, 0.4) is 0 Å². The van der Waals surface area contributed by atoms with Gasteiger partial charge in [0.05, 0.1) is 17.0 Å². The summed E-state index contributed by atoms with van der Waals surface area (Å²) in [7, 11) is 0. The molecular weight excluding hydrogens is 368 g/mol. The molecule has 0 unspecified atom stereocenters. The molecule has 1 heterocycles. The highest BCUT2D eigenvalue weighted by Gasteiger charge is 2.58. The number of aromatic nitrogens is 2. The predicted octanol–water partition coefficient (Wildman–Crippen LogP) is 5.98. The van der Waals surface area contributed by atoms with Gasteiger partial charge in [0, 0.05) is 12.4 Å². The fourth-order valence-electron chi connectivity index (χ4n) is 9.05. The normalized spacial score (nSPS) is 46.6. The Balaban J connectivity index is 1.30. The Kier molecular flexibility index (Phi) is 5.28. The van der Waals surface area contributed by atoms with Gasteiger partial charge < -0.3 is 5.11 Å². The molecule has 3 nitrogen and oxygen atoms in total. The fourth-order valence-corrected chi connectivity index (χ4v) is 9.05. The molecule has 166 valence electrons. The first-order chi connectivity index (χ1) is 14.3. The van der Waals surface area contributed by atoms with Crippen molar-refractivity contribution in [1.82, 2.24) is 9.97 Å². The Labute approximate surface area is 183 Å². The zero-order valence-corrected chi connectivity index (χ0v) is 19.6. The summed E-state index contributed by atoms with van der Waals surface area (Å²) in [5.41, 5.74) is 2.30. The van der Waals surface area contributed by atoms with E-state index in [1.54, 1.807) is 0 Å². The van der Waals surface area contributed by atoms with Crippen molar-refractivity contribution in [1.29, 1.82) is 0 Å². The van der Waals surface area contributed by atoms with Crippen LogP contribution in [0.15, 0.2) is 12.4 Å². The van der Waals surface area contributed by atoms with Crippen molar-refractivity contribution in [3.63, 3.8) is 0 Å². The lowest BCUT2D eigenvalue weighted by Crippen LogP contribution is -2.50. The van der Waals surface area contributed by atoms with E-state index in [0.717, 1.165) is 60.5 Å². The minimum absolute atomic E-state index is 0.399. The number of nitrogens with zero attached hydrogens (tertiary/aromatic N) is 2. The van der Waals surface area contributed by atoms with Crippen molar-refractivity contribution in [2.75, 3.05) is 0 Å². The highest BCUT2D eigenvalue weighted by molar-refractivity contribution is 5.09. The molecule has 0 saturated heterocycles. The topological polar surface area (TPSA) is 46.0 Å². The van der Waals surface area contributed by atoms with Gasteiger partial charge in [-0.25, -0.2) is 0 Å². The van der Waals surface area contributed by atoms with E-state index in [2.05, 4.69) is 30.7 Å². The van der Waals surface area contributed by atoms with Crippen LogP contribution in [0.2, 0.25) is 0 Å². The second-order valence-corrected chi connectivity index (χ2v) is 12.2. The van der Waals surface area contributed by atoms with Crippen LogP contribution in [-0.2, 0) is 6.42 Å². The third-order valence-electron chi connectivity index (χ3n) is 10.4. The highest BCUT2D eigenvalue weighted by atomic mass is 16.3. The highest BCUT2D eigenvalue weighted by Crippen LogP contribution is 2.65. The van der Waals surface area contributed by atoms with E-state index in [1.165, 1.54) is 50.6 Å². The summed E-state index contributed by atoms with van der Waals surface area (Å²) in [6, 6.07) is 0. The maximum Gasteiger partial charge on any atom is 0.0622 e. The molecule has 4 fully saturated rings. The molecule has 1 N–H and O–H groups in total. The summed E-state index contributed by atoms with van der Waals surface area (Å²) in [6.07, 6.45) is 16.9. The van der Waals surface area contributed by atoms with Gasteiger partial charge in [-0.15, -0.1) is 0 Å². The summed E-state index contributed by atoms with van der Waals surface area (Å²) >= 11 is 0. The average Bonchev–Trinajstić information content (AvgIpc) is 3.06. The van der Waals surface area contributed by atoms with Crippen LogP contribution < -0.4 is 0 Å². The first kappa shape index (κ1) is 20.9. The molecular formula is C27H42N2O. The molecule has 3 heteroatoms. The van der Waals surface area contributed by atoms with Crippen LogP contribution in [0.25, 0.3) is 0 Å². The van der Waals surface area contributed by atoms with Crippen molar-refractivity contribution in [3.8, 4) is 0 Å². The molecule has 0 aliphatic heterocycles. The second kappa shape index (κ2) is 7.57. The lowest BCUT2D eigenvalue weighted by molar-refractivity contribution is -0.102. The summed E-state index contributed by atoms with van der Waals surface area (Å²) in [5.74, 6) is 6.02. The van der Waals surface area contributed by atoms with Crippen LogP contribution >= 0.6 is 0 Å². The van der Waals surface area contributed by atoms with E-state index in [9.17, 15) is 5.11 Å². The Morgan fingerprint density at radius 3 is 2.53 bits per heavy atom. The number of fused-ring (bicyclic) bond motifs is 5. The van der Waals surface area contributed by atoms with Crippen LogP contribution in [-0.4, -0.2) is 20.7 Å². The standard InChI is InChI=1S/C27H42N2O/c1-17(13-20-16-28-18(2)15-29-20)24-7-8-25-23-6-5-19-14-26(3,30)11-9-21(19)22(23)10-12-27(24,25)4/h15-17,19,21-25,30H,5-14H2,1-4H3/t17-,19-,21+,22-,23-,24-,25+,26-,27-/m1/s1. The summed E-state index contributed by atoms with van der Waals surface area (Å²) in [4.78, 5) is 9.14. The molecule has 9 atom stereocenters. The van der Waals surface area contributed by atoms with Gasteiger partial charge >= 0.3 is 0 Å². The molecule has 0 bridgehead atoms. The van der Waals surface area contributed by atoms with Crippen molar-refractivity contribution in [2.24, 2.45) is 46.8 Å². The van der Waals surface area contributed by atoms with Gasteiger partial charge in [-0.2, -0.15) is 0 Å². The molecule has 0 spiro atoms. The zero-order valence-electron chi connectivity index (χ0n) is 19.6. The summed E-state index contributed by atoms with van der Waals surface area (Å²) < 4.78 is 0. The van der Waals surface area contributed by atoms with Gasteiger partial charge in [-0.05, 0) is 125 Å². The predicted molar refractivity (Wildman–Crippen MR) is 121 cm³/mol. The number of aryl methyl sites for hydroxylation is 1. The van der Waals surface area contributed by atoms with Crippen LogP contribution in [0.5, 0.6) is 0 Å². The minimum atomic E-state index is -0.399. The van der Waals surface area contributed by atoms with E-state index in [-0.39, 0.29) is 0 Å². The molecule has 4 aliphatic carbocycles. The van der Waals surface area contributed by atoms with Crippen molar-refractivity contribution < 1.29 is 5.11 Å². The maximum absolute atomic E-state index is 10.6. The molecule has 0 aromatic carbocycles. The number of rotatable bonds is 3. The molecule has 4 aliphatic rings.